The van der Waals surface area contributed by atoms with Crippen LogP contribution in [-0.4, -0.2) is 40.4 Å². The van der Waals surface area contributed by atoms with Crippen molar-refractivity contribution in [3.8, 4) is 11.5 Å². The number of hydrogen-bond donors (Lipinski definition) is 1. The Morgan fingerprint density at radius 1 is 1.32 bits per heavy atom. The van der Waals surface area contributed by atoms with E-state index in [1.807, 2.05) is 36.0 Å². The van der Waals surface area contributed by atoms with E-state index in [1.165, 1.54) is 5.56 Å². The lowest BCUT2D eigenvalue weighted by atomic mass is 10.1. The average Bonchev–Trinajstić information content (AvgIpc) is 3.03. The van der Waals surface area contributed by atoms with E-state index < -0.39 is 0 Å². The van der Waals surface area contributed by atoms with E-state index in [1.54, 1.807) is 6.26 Å². The van der Waals surface area contributed by atoms with Gasteiger partial charge in [0.05, 0.1) is 6.54 Å². The molecule has 2 N–H and O–H groups in total. The number of aliphatic imine (C=N–C) groups is 1. The first kappa shape index (κ1) is 15.0. The standard InChI is InChI=1S/C16H20N4OS/c1-12-2-4-13(5-3-12)15-19-14(11-21-15)10-18-16(17)20-6-8-22-9-7-20/h2-5,11H,6-10H2,1H3,(H2,17,18). The maximum atomic E-state index is 6.04. The molecule has 0 amide bonds. The molecule has 1 aromatic carbocycles. The lowest BCUT2D eigenvalue weighted by Crippen LogP contribution is -2.42. The van der Waals surface area contributed by atoms with Crippen LogP contribution in [0.15, 0.2) is 39.9 Å². The van der Waals surface area contributed by atoms with Gasteiger partial charge in [-0.1, -0.05) is 17.7 Å². The number of hydrogen-bond acceptors (Lipinski definition) is 4. The number of nitrogens with two attached hydrogens (primary N) is 1. The number of thioether (sulfide) groups is 1. The summed E-state index contributed by atoms with van der Waals surface area (Å²) in [5.74, 6) is 3.44. The van der Waals surface area contributed by atoms with Gasteiger partial charge in [-0.05, 0) is 19.1 Å². The van der Waals surface area contributed by atoms with Gasteiger partial charge in [0.15, 0.2) is 5.96 Å². The Balaban J connectivity index is 1.65. The minimum absolute atomic E-state index is 0.449. The molecular formula is C16H20N4OS. The summed E-state index contributed by atoms with van der Waals surface area (Å²) in [5, 5.41) is 0. The SMILES string of the molecule is Cc1ccc(-c2nc(CN=C(N)N3CCSCC3)co2)cc1. The number of aromatic nitrogens is 1. The van der Waals surface area contributed by atoms with Crippen LogP contribution in [0.3, 0.4) is 0 Å². The van der Waals surface area contributed by atoms with Gasteiger partial charge in [0.1, 0.15) is 12.0 Å². The third-order valence-electron chi connectivity index (χ3n) is 3.59. The maximum absolute atomic E-state index is 6.04. The molecule has 0 saturated carbocycles. The summed E-state index contributed by atoms with van der Waals surface area (Å²) in [5.41, 5.74) is 9.02. The molecule has 0 bridgehead atoms. The number of aryl methyl sites for hydroxylation is 1. The predicted octanol–water partition coefficient (Wildman–Crippen LogP) is 2.51. The minimum Gasteiger partial charge on any atom is -0.444 e. The summed E-state index contributed by atoms with van der Waals surface area (Å²) in [7, 11) is 0. The van der Waals surface area contributed by atoms with Gasteiger partial charge in [0.25, 0.3) is 0 Å². The first-order valence-electron chi connectivity index (χ1n) is 7.36. The number of rotatable bonds is 3. The van der Waals surface area contributed by atoms with E-state index in [-0.39, 0.29) is 0 Å². The van der Waals surface area contributed by atoms with Crippen LogP contribution < -0.4 is 5.73 Å². The number of guanidine groups is 1. The second-order valence-corrected chi connectivity index (χ2v) is 6.51. The first-order chi connectivity index (χ1) is 10.7. The highest BCUT2D eigenvalue weighted by atomic mass is 32.2. The van der Waals surface area contributed by atoms with Crippen LogP contribution in [0.2, 0.25) is 0 Å². The van der Waals surface area contributed by atoms with E-state index in [4.69, 9.17) is 10.2 Å². The van der Waals surface area contributed by atoms with Crippen LogP contribution in [0.4, 0.5) is 0 Å². The summed E-state index contributed by atoms with van der Waals surface area (Å²) < 4.78 is 5.53. The van der Waals surface area contributed by atoms with Gasteiger partial charge < -0.3 is 15.1 Å². The second kappa shape index (κ2) is 6.87. The van der Waals surface area contributed by atoms with Crippen molar-refractivity contribution in [3.05, 3.63) is 41.8 Å². The van der Waals surface area contributed by atoms with Gasteiger partial charge in [0, 0.05) is 30.2 Å². The van der Waals surface area contributed by atoms with Crippen molar-refractivity contribution in [2.45, 2.75) is 13.5 Å². The van der Waals surface area contributed by atoms with Gasteiger partial charge in [-0.3, -0.25) is 0 Å². The van der Waals surface area contributed by atoms with Gasteiger partial charge in [-0.25, -0.2) is 9.98 Å². The minimum atomic E-state index is 0.449. The fraction of sp³-hybridized carbons (Fsp3) is 0.375. The zero-order chi connectivity index (χ0) is 15.4. The highest BCUT2D eigenvalue weighted by Gasteiger charge is 2.12. The molecule has 1 fully saturated rings. The molecule has 3 rings (SSSR count). The van der Waals surface area contributed by atoms with E-state index in [0.717, 1.165) is 35.9 Å². The zero-order valence-corrected chi connectivity index (χ0v) is 13.5. The number of nitrogens with zero attached hydrogens (tertiary/aromatic N) is 3. The summed E-state index contributed by atoms with van der Waals surface area (Å²) in [6, 6.07) is 8.11. The molecule has 0 spiro atoms. The third kappa shape index (κ3) is 3.62. The molecule has 2 heterocycles. The third-order valence-corrected chi connectivity index (χ3v) is 4.53. The van der Waals surface area contributed by atoms with Crippen LogP contribution in [0.25, 0.3) is 11.5 Å². The molecule has 6 heteroatoms. The number of oxazole rings is 1. The summed E-state index contributed by atoms with van der Waals surface area (Å²) in [4.78, 5) is 11.0. The highest BCUT2D eigenvalue weighted by Crippen LogP contribution is 2.19. The first-order valence-corrected chi connectivity index (χ1v) is 8.52. The largest absolute Gasteiger partial charge is 0.444 e. The Bertz CT molecular complexity index is 644. The van der Waals surface area contributed by atoms with Crippen LogP contribution in [0.5, 0.6) is 0 Å². The summed E-state index contributed by atoms with van der Waals surface area (Å²) in [6.45, 7) is 4.44. The molecule has 116 valence electrons. The average molecular weight is 316 g/mol. The van der Waals surface area contributed by atoms with Crippen molar-refractivity contribution in [1.82, 2.24) is 9.88 Å². The quantitative estimate of drug-likeness (QED) is 0.696. The topological polar surface area (TPSA) is 67.7 Å². The molecule has 2 aromatic rings. The van der Waals surface area contributed by atoms with Crippen molar-refractivity contribution >= 4 is 17.7 Å². The predicted molar refractivity (Wildman–Crippen MR) is 90.9 cm³/mol. The van der Waals surface area contributed by atoms with Gasteiger partial charge >= 0.3 is 0 Å². The van der Waals surface area contributed by atoms with E-state index in [0.29, 0.717) is 18.4 Å². The van der Waals surface area contributed by atoms with E-state index >= 15 is 0 Å². The Kier molecular flexibility index (Phi) is 4.68. The zero-order valence-electron chi connectivity index (χ0n) is 12.7. The molecule has 22 heavy (non-hydrogen) atoms. The van der Waals surface area contributed by atoms with Crippen molar-refractivity contribution in [1.29, 1.82) is 0 Å². The summed E-state index contributed by atoms with van der Waals surface area (Å²) in [6.07, 6.45) is 1.65. The van der Waals surface area contributed by atoms with Crippen molar-refractivity contribution < 1.29 is 4.42 Å². The van der Waals surface area contributed by atoms with Gasteiger partial charge in [-0.2, -0.15) is 11.8 Å². The molecular weight excluding hydrogens is 296 g/mol. The molecule has 0 atom stereocenters. The fourth-order valence-corrected chi connectivity index (χ4v) is 3.17. The Hall–Kier alpha value is -1.95. The van der Waals surface area contributed by atoms with Crippen LogP contribution >= 0.6 is 11.8 Å². The Labute approximate surface area is 134 Å². The van der Waals surface area contributed by atoms with E-state index in [9.17, 15) is 0 Å². The molecule has 0 aliphatic carbocycles. The second-order valence-electron chi connectivity index (χ2n) is 5.28. The Morgan fingerprint density at radius 3 is 2.77 bits per heavy atom. The monoisotopic (exact) mass is 316 g/mol. The van der Waals surface area contributed by atoms with Crippen molar-refractivity contribution in [2.24, 2.45) is 10.7 Å². The van der Waals surface area contributed by atoms with Crippen LogP contribution in [0.1, 0.15) is 11.3 Å². The number of benzene rings is 1. The molecule has 0 radical (unpaired) electrons. The maximum Gasteiger partial charge on any atom is 0.226 e. The van der Waals surface area contributed by atoms with Gasteiger partial charge in [-0.15, -0.1) is 0 Å². The summed E-state index contributed by atoms with van der Waals surface area (Å²) >= 11 is 1.95. The highest BCUT2D eigenvalue weighted by molar-refractivity contribution is 7.99. The molecule has 1 saturated heterocycles. The Morgan fingerprint density at radius 2 is 2.05 bits per heavy atom. The molecule has 1 aliphatic heterocycles. The van der Waals surface area contributed by atoms with Gasteiger partial charge in [0.2, 0.25) is 5.89 Å². The lowest BCUT2D eigenvalue weighted by molar-refractivity contribution is 0.455. The van der Waals surface area contributed by atoms with Crippen molar-refractivity contribution in [2.75, 3.05) is 24.6 Å². The molecule has 0 unspecified atom stereocenters. The molecule has 5 nitrogen and oxygen atoms in total. The van der Waals surface area contributed by atoms with Crippen LogP contribution in [-0.2, 0) is 6.54 Å². The van der Waals surface area contributed by atoms with Crippen LogP contribution in [0, 0.1) is 6.92 Å². The molecule has 1 aliphatic rings. The molecule has 1 aromatic heterocycles. The van der Waals surface area contributed by atoms with Crippen molar-refractivity contribution in [3.63, 3.8) is 0 Å². The lowest BCUT2D eigenvalue weighted by Gasteiger charge is -2.27. The van der Waals surface area contributed by atoms with E-state index in [2.05, 4.69) is 21.8 Å². The normalized spacial score (nSPS) is 16.0. The smallest absolute Gasteiger partial charge is 0.226 e. The fourth-order valence-electron chi connectivity index (χ4n) is 2.26.